The Morgan fingerprint density at radius 2 is 2.00 bits per heavy atom. The van der Waals surface area contributed by atoms with Crippen molar-refractivity contribution in [3.63, 3.8) is 0 Å². The Hall–Kier alpha value is -0.300. The SMILES string of the molecule is C=C(C)CC(C)(C)CCNCC. The molecule has 0 bridgehead atoms. The highest BCUT2D eigenvalue weighted by molar-refractivity contribution is 4.93. The van der Waals surface area contributed by atoms with E-state index in [9.17, 15) is 0 Å². The lowest BCUT2D eigenvalue weighted by Crippen LogP contribution is -2.22. The second-order valence-corrected chi connectivity index (χ2v) is 4.40. The molecule has 1 heteroatoms. The molecular weight excluding hydrogens is 146 g/mol. The van der Waals surface area contributed by atoms with Crippen LogP contribution in [0.15, 0.2) is 12.2 Å². The van der Waals surface area contributed by atoms with Gasteiger partial charge >= 0.3 is 0 Å². The lowest BCUT2D eigenvalue weighted by molar-refractivity contribution is 0.326. The van der Waals surface area contributed by atoms with E-state index in [1.807, 2.05) is 0 Å². The first-order valence-corrected chi connectivity index (χ1v) is 4.83. The second kappa shape index (κ2) is 5.36. The van der Waals surface area contributed by atoms with Gasteiger partial charge in [0, 0.05) is 0 Å². The van der Waals surface area contributed by atoms with Crippen LogP contribution >= 0.6 is 0 Å². The number of rotatable bonds is 6. The molecule has 0 fully saturated rings. The molecule has 1 N–H and O–H groups in total. The summed E-state index contributed by atoms with van der Waals surface area (Å²) in [4.78, 5) is 0. The molecule has 12 heavy (non-hydrogen) atoms. The molecule has 1 nitrogen and oxygen atoms in total. The summed E-state index contributed by atoms with van der Waals surface area (Å²) in [5.41, 5.74) is 1.70. The predicted octanol–water partition coefficient (Wildman–Crippen LogP) is 2.98. The van der Waals surface area contributed by atoms with Gasteiger partial charge in [0.25, 0.3) is 0 Å². The zero-order chi connectivity index (χ0) is 9.61. The predicted molar refractivity (Wildman–Crippen MR) is 56.4 cm³/mol. The maximum absolute atomic E-state index is 3.95. The molecule has 72 valence electrons. The molecule has 0 aromatic heterocycles. The van der Waals surface area contributed by atoms with Gasteiger partial charge in [-0.3, -0.25) is 0 Å². The van der Waals surface area contributed by atoms with Crippen LogP contribution in [0.3, 0.4) is 0 Å². The fourth-order valence-corrected chi connectivity index (χ4v) is 1.51. The fourth-order valence-electron chi connectivity index (χ4n) is 1.51. The van der Waals surface area contributed by atoms with Gasteiger partial charge in [0.15, 0.2) is 0 Å². The first kappa shape index (κ1) is 11.7. The third-order valence-electron chi connectivity index (χ3n) is 2.01. The summed E-state index contributed by atoms with van der Waals surface area (Å²) in [6.45, 7) is 15.0. The Morgan fingerprint density at radius 3 is 2.42 bits per heavy atom. The quantitative estimate of drug-likeness (QED) is 0.476. The third kappa shape index (κ3) is 6.41. The average Bonchev–Trinajstić information content (AvgIpc) is 1.84. The Kier molecular flexibility index (Phi) is 5.23. The highest BCUT2D eigenvalue weighted by atomic mass is 14.8. The van der Waals surface area contributed by atoms with Gasteiger partial charge in [-0.05, 0) is 38.3 Å². The van der Waals surface area contributed by atoms with Crippen molar-refractivity contribution in [1.82, 2.24) is 5.32 Å². The van der Waals surface area contributed by atoms with Crippen molar-refractivity contribution in [1.29, 1.82) is 0 Å². The van der Waals surface area contributed by atoms with Crippen molar-refractivity contribution in [2.75, 3.05) is 13.1 Å². The normalized spacial score (nSPS) is 11.7. The second-order valence-electron chi connectivity index (χ2n) is 4.40. The molecule has 0 aromatic rings. The molecule has 0 amide bonds. The van der Waals surface area contributed by atoms with Crippen molar-refractivity contribution < 1.29 is 0 Å². The molecule has 0 rings (SSSR count). The van der Waals surface area contributed by atoms with Crippen molar-refractivity contribution in [2.24, 2.45) is 5.41 Å². The van der Waals surface area contributed by atoms with Crippen LogP contribution in [0.25, 0.3) is 0 Å². The molecule has 0 aromatic carbocycles. The summed E-state index contributed by atoms with van der Waals surface area (Å²) >= 11 is 0. The van der Waals surface area contributed by atoms with Crippen molar-refractivity contribution in [3.8, 4) is 0 Å². The van der Waals surface area contributed by atoms with E-state index in [1.54, 1.807) is 0 Å². The van der Waals surface area contributed by atoms with E-state index in [1.165, 1.54) is 12.0 Å². The van der Waals surface area contributed by atoms with Crippen LogP contribution in [0.5, 0.6) is 0 Å². The van der Waals surface area contributed by atoms with Crippen LogP contribution in [0, 0.1) is 5.41 Å². The minimum absolute atomic E-state index is 0.411. The summed E-state index contributed by atoms with van der Waals surface area (Å²) in [6, 6.07) is 0. The van der Waals surface area contributed by atoms with Gasteiger partial charge in [-0.25, -0.2) is 0 Å². The molecule has 0 spiro atoms. The molecule has 0 aliphatic carbocycles. The molecule has 0 atom stereocenters. The highest BCUT2D eigenvalue weighted by Gasteiger charge is 2.16. The molecule has 0 aliphatic heterocycles. The minimum atomic E-state index is 0.411. The fraction of sp³-hybridized carbons (Fsp3) is 0.818. The first-order chi connectivity index (χ1) is 5.48. The lowest BCUT2D eigenvalue weighted by Gasteiger charge is -2.24. The van der Waals surface area contributed by atoms with Crippen LogP contribution in [0.1, 0.15) is 40.5 Å². The van der Waals surface area contributed by atoms with Gasteiger partial charge in [0.1, 0.15) is 0 Å². The van der Waals surface area contributed by atoms with E-state index in [0.717, 1.165) is 19.5 Å². The van der Waals surface area contributed by atoms with E-state index < -0.39 is 0 Å². The Labute approximate surface area is 77.2 Å². The Balaban J connectivity index is 3.63. The van der Waals surface area contributed by atoms with Gasteiger partial charge in [-0.1, -0.05) is 26.3 Å². The third-order valence-corrected chi connectivity index (χ3v) is 2.01. The number of nitrogens with one attached hydrogen (secondary N) is 1. The molecule has 0 heterocycles. The number of hydrogen-bond donors (Lipinski definition) is 1. The van der Waals surface area contributed by atoms with Crippen LogP contribution < -0.4 is 5.32 Å². The maximum Gasteiger partial charge on any atom is -0.00438 e. The summed E-state index contributed by atoms with van der Waals surface area (Å²) in [6.07, 6.45) is 2.37. The van der Waals surface area contributed by atoms with Gasteiger partial charge in [-0.2, -0.15) is 0 Å². The zero-order valence-electron chi connectivity index (χ0n) is 9.04. The Bertz CT molecular complexity index is 136. The summed E-state index contributed by atoms with van der Waals surface area (Å²) in [5, 5.41) is 3.35. The van der Waals surface area contributed by atoms with E-state index in [-0.39, 0.29) is 0 Å². The molecule has 0 radical (unpaired) electrons. The monoisotopic (exact) mass is 169 g/mol. The lowest BCUT2D eigenvalue weighted by atomic mass is 9.83. The largest absolute Gasteiger partial charge is 0.317 e. The van der Waals surface area contributed by atoms with Gasteiger partial charge in [-0.15, -0.1) is 6.58 Å². The topological polar surface area (TPSA) is 12.0 Å². The number of hydrogen-bond acceptors (Lipinski definition) is 1. The molecule has 0 aliphatic rings. The summed E-state index contributed by atoms with van der Waals surface area (Å²) < 4.78 is 0. The highest BCUT2D eigenvalue weighted by Crippen LogP contribution is 2.27. The molecule has 0 saturated carbocycles. The molecule has 0 saturated heterocycles. The van der Waals surface area contributed by atoms with E-state index >= 15 is 0 Å². The van der Waals surface area contributed by atoms with Gasteiger partial charge in [0.05, 0.1) is 0 Å². The van der Waals surface area contributed by atoms with Crippen LogP contribution in [-0.4, -0.2) is 13.1 Å². The van der Waals surface area contributed by atoms with E-state index in [0.29, 0.717) is 5.41 Å². The van der Waals surface area contributed by atoms with Crippen molar-refractivity contribution in [2.45, 2.75) is 40.5 Å². The average molecular weight is 169 g/mol. The van der Waals surface area contributed by atoms with Gasteiger partial charge < -0.3 is 5.32 Å². The smallest absolute Gasteiger partial charge is 0.00438 e. The van der Waals surface area contributed by atoms with Gasteiger partial charge in [0.2, 0.25) is 0 Å². The zero-order valence-corrected chi connectivity index (χ0v) is 9.04. The first-order valence-electron chi connectivity index (χ1n) is 4.83. The Morgan fingerprint density at radius 1 is 1.42 bits per heavy atom. The summed E-state index contributed by atoms with van der Waals surface area (Å²) in [7, 11) is 0. The van der Waals surface area contributed by atoms with Crippen molar-refractivity contribution >= 4 is 0 Å². The van der Waals surface area contributed by atoms with E-state index in [4.69, 9.17) is 0 Å². The maximum atomic E-state index is 3.95. The van der Waals surface area contributed by atoms with Crippen LogP contribution in [0.2, 0.25) is 0 Å². The molecule has 0 unspecified atom stereocenters. The number of allylic oxidation sites excluding steroid dienone is 1. The summed E-state index contributed by atoms with van der Waals surface area (Å²) in [5.74, 6) is 0. The van der Waals surface area contributed by atoms with Crippen LogP contribution in [-0.2, 0) is 0 Å². The minimum Gasteiger partial charge on any atom is -0.317 e. The van der Waals surface area contributed by atoms with E-state index in [2.05, 4.69) is 39.6 Å². The van der Waals surface area contributed by atoms with Crippen molar-refractivity contribution in [3.05, 3.63) is 12.2 Å². The standard InChI is InChI=1S/C11H23N/c1-6-12-8-7-11(4,5)9-10(2)3/h12H,2,6-9H2,1,3-5H3. The van der Waals surface area contributed by atoms with Crippen LogP contribution in [0.4, 0.5) is 0 Å². The molecular formula is C11H23N.